The Kier molecular flexibility index (Phi) is 6.14. The molecule has 3 aromatic rings. The van der Waals surface area contributed by atoms with Crippen molar-refractivity contribution in [2.75, 3.05) is 33.2 Å². The second-order valence-corrected chi connectivity index (χ2v) is 10.3. The molecule has 1 aliphatic rings. The van der Waals surface area contributed by atoms with E-state index in [4.69, 9.17) is 4.52 Å². The zero-order valence-electron chi connectivity index (χ0n) is 16.7. The molecule has 0 saturated carbocycles. The maximum absolute atomic E-state index is 12.8. The number of aromatic nitrogens is 4. The third kappa shape index (κ3) is 4.53. The zero-order valence-corrected chi connectivity index (χ0v) is 18.3. The van der Waals surface area contributed by atoms with Gasteiger partial charge in [-0.25, -0.2) is 13.4 Å². The number of rotatable bonds is 6. The van der Waals surface area contributed by atoms with Crippen molar-refractivity contribution in [2.24, 2.45) is 0 Å². The second-order valence-electron chi connectivity index (χ2n) is 7.00. The summed E-state index contributed by atoms with van der Waals surface area (Å²) in [6.07, 6.45) is 4.77. The van der Waals surface area contributed by atoms with Crippen molar-refractivity contribution in [3.05, 3.63) is 48.7 Å². The van der Waals surface area contributed by atoms with Crippen LogP contribution >= 0.6 is 11.8 Å². The lowest BCUT2D eigenvalue weighted by molar-refractivity contribution is 0.222. The maximum Gasteiger partial charge on any atom is 0.244 e. The molecule has 11 heteroatoms. The van der Waals surface area contributed by atoms with Gasteiger partial charge in [-0.1, -0.05) is 16.9 Å². The van der Waals surface area contributed by atoms with Gasteiger partial charge in [0.05, 0.1) is 10.3 Å². The smallest absolute Gasteiger partial charge is 0.244 e. The van der Waals surface area contributed by atoms with Crippen LogP contribution in [0.5, 0.6) is 0 Å². The molecule has 0 aromatic carbocycles. The predicted octanol–water partition coefficient (Wildman–Crippen LogP) is 2.32. The van der Waals surface area contributed by atoms with Gasteiger partial charge in [0.2, 0.25) is 21.7 Å². The van der Waals surface area contributed by atoms with Crippen molar-refractivity contribution in [3.8, 4) is 11.4 Å². The van der Waals surface area contributed by atoms with E-state index in [-0.39, 0.29) is 10.1 Å². The molecule has 0 N–H and O–H groups in total. The first-order valence-electron chi connectivity index (χ1n) is 9.49. The van der Waals surface area contributed by atoms with Gasteiger partial charge in [0.25, 0.3) is 0 Å². The van der Waals surface area contributed by atoms with Crippen LogP contribution in [0.1, 0.15) is 18.1 Å². The van der Waals surface area contributed by atoms with Crippen LogP contribution in [0.15, 0.2) is 57.3 Å². The van der Waals surface area contributed by atoms with Crippen LogP contribution in [0.25, 0.3) is 11.4 Å². The molecule has 1 aliphatic heterocycles. The Labute approximate surface area is 179 Å². The highest BCUT2D eigenvalue weighted by Crippen LogP contribution is 2.34. The molecule has 9 nitrogen and oxygen atoms in total. The van der Waals surface area contributed by atoms with Gasteiger partial charge in [0.15, 0.2) is 0 Å². The average molecular weight is 447 g/mol. The molecule has 1 fully saturated rings. The van der Waals surface area contributed by atoms with Gasteiger partial charge >= 0.3 is 0 Å². The summed E-state index contributed by atoms with van der Waals surface area (Å²) in [6.45, 7) is 4.36. The third-order valence-electron chi connectivity index (χ3n) is 4.82. The minimum Gasteiger partial charge on any atom is -0.338 e. The normalized spacial score (nSPS) is 17.1. The molecule has 0 amide bonds. The topological polar surface area (TPSA) is 105 Å². The molecule has 0 bridgehead atoms. The molecular formula is C19H22N6O3S2. The largest absolute Gasteiger partial charge is 0.338 e. The molecule has 0 radical (unpaired) electrons. The number of piperazine rings is 1. The molecule has 0 spiro atoms. The Balaban J connectivity index is 1.43. The molecule has 158 valence electrons. The summed E-state index contributed by atoms with van der Waals surface area (Å²) in [5, 5.41) is 4.54. The summed E-state index contributed by atoms with van der Waals surface area (Å²) in [4.78, 5) is 15.1. The fraction of sp³-hybridized carbons (Fsp3) is 0.368. The van der Waals surface area contributed by atoms with Crippen molar-refractivity contribution < 1.29 is 12.9 Å². The lowest BCUT2D eigenvalue weighted by Crippen LogP contribution is -2.47. The molecule has 0 unspecified atom stereocenters. The molecule has 1 saturated heterocycles. The monoisotopic (exact) mass is 446 g/mol. The number of hydrogen-bond acceptors (Lipinski definition) is 9. The summed E-state index contributed by atoms with van der Waals surface area (Å²) in [5.74, 6) is 0.946. The van der Waals surface area contributed by atoms with E-state index in [0.29, 0.717) is 29.8 Å². The molecular weight excluding hydrogens is 424 g/mol. The Hall–Kier alpha value is -2.34. The third-order valence-corrected chi connectivity index (χ3v) is 7.74. The predicted molar refractivity (Wildman–Crippen MR) is 112 cm³/mol. The minimum absolute atomic E-state index is 0.143. The van der Waals surface area contributed by atoms with E-state index in [2.05, 4.69) is 25.0 Å². The summed E-state index contributed by atoms with van der Waals surface area (Å²) < 4.78 is 32.5. The van der Waals surface area contributed by atoms with Crippen molar-refractivity contribution in [1.29, 1.82) is 0 Å². The Morgan fingerprint density at radius 3 is 2.60 bits per heavy atom. The number of hydrogen-bond donors (Lipinski definition) is 0. The van der Waals surface area contributed by atoms with Crippen molar-refractivity contribution >= 4 is 21.8 Å². The number of pyridine rings is 2. The Morgan fingerprint density at radius 2 is 1.93 bits per heavy atom. The van der Waals surface area contributed by atoms with Gasteiger partial charge in [0.1, 0.15) is 4.90 Å². The molecule has 4 heterocycles. The van der Waals surface area contributed by atoms with Gasteiger partial charge in [-0.3, -0.25) is 4.98 Å². The Morgan fingerprint density at radius 1 is 1.13 bits per heavy atom. The number of thioether (sulfide) groups is 1. The number of likely N-dealkylation sites (N-methyl/N-ethyl adjacent to an activating group) is 1. The lowest BCUT2D eigenvalue weighted by atomic mass is 10.3. The first kappa shape index (κ1) is 20.9. The van der Waals surface area contributed by atoms with E-state index in [1.54, 1.807) is 24.5 Å². The first-order valence-corrected chi connectivity index (χ1v) is 11.8. The van der Waals surface area contributed by atoms with Crippen LogP contribution in [0.2, 0.25) is 0 Å². The Bertz CT molecular complexity index is 1080. The summed E-state index contributed by atoms with van der Waals surface area (Å²) in [6, 6.07) is 6.98. The van der Waals surface area contributed by atoms with Crippen molar-refractivity contribution in [3.63, 3.8) is 0 Å². The van der Waals surface area contributed by atoms with E-state index in [0.717, 1.165) is 18.7 Å². The van der Waals surface area contributed by atoms with Gasteiger partial charge in [-0.2, -0.15) is 9.29 Å². The zero-order chi connectivity index (χ0) is 21.1. The van der Waals surface area contributed by atoms with Crippen LogP contribution < -0.4 is 0 Å². The van der Waals surface area contributed by atoms with Crippen LogP contribution in [-0.4, -0.2) is 71.0 Å². The van der Waals surface area contributed by atoms with Gasteiger partial charge in [-0.05, 0) is 38.2 Å². The van der Waals surface area contributed by atoms with E-state index in [9.17, 15) is 8.42 Å². The standard InChI is InChI=1S/C19H22N6O3S2/c1-14(19-22-18(23-28-19)15-4-3-7-20-12-15)29-17-6-5-16(13-21-17)30(26,27)25-10-8-24(2)9-11-25/h3-7,12-14H,8-11H2,1-2H3/t14-/m0/s1. The quantitative estimate of drug-likeness (QED) is 0.527. The average Bonchev–Trinajstić information content (AvgIpc) is 3.26. The summed E-state index contributed by atoms with van der Waals surface area (Å²) >= 11 is 1.42. The molecule has 0 aliphatic carbocycles. The summed E-state index contributed by atoms with van der Waals surface area (Å²) in [7, 11) is -1.53. The molecule has 1 atom stereocenters. The fourth-order valence-electron chi connectivity index (χ4n) is 3.01. The lowest BCUT2D eigenvalue weighted by Gasteiger charge is -2.31. The fourth-order valence-corrected chi connectivity index (χ4v) is 5.20. The van der Waals surface area contributed by atoms with E-state index in [1.165, 1.54) is 22.3 Å². The van der Waals surface area contributed by atoms with Crippen LogP contribution in [0.3, 0.4) is 0 Å². The second kappa shape index (κ2) is 8.80. The van der Waals surface area contributed by atoms with Gasteiger partial charge in [-0.15, -0.1) is 0 Å². The molecule has 30 heavy (non-hydrogen) atoms. The molecule has 4 rings (SSSR count). The van der Waals surface area contributed by atoms with Gasteiger partial charge < -0.3 is 9.42 Å². The van der Waals surface area contributed by atoms with Crippen molar-refractivity contribution in [2.45, 2.75) is 22.1 Å². The van der Waals surface area contributed by atoms with E-state index >= 15 is 0 Å². The highest BCUT2D eigenvalue weighted by atomic mass is 32.2. The minimum atomic E-state index is -3.52. The summed E-state index contributed by atoms with van der Waals surface area (Å²) in [5.41, 5.74) is 0.779. The molecule has 3 aromatic heterocycles. The highest BCUT2D eigenvalue weighted by Gasteiger charge is 2.28. The number of sulfonamides is 1. The number of nitrogens with zero attached hydrogens (tertiary/aromatic N) is 6. The van der Waals surface area contributed by atoms with Crippen LogP contribution in [0, 0.1) is 0 Å². The van der Waals surface area contributed by atoms with E-state index in [1.807, 2.05) is 26.1 Å². The van der Waals surface area contributed by atoms with Crippen LogP contribution in [0.4, 0.5) is 0 Å². The van der Waals surface area contributed by atoms with E-state index < -0.39 is 10.0 Å². The van der Waals surface area contributed by atoms with Crippen molar-refractivity contribution in [1.82, 2.24) is 29.3 Å². The maximum atomic E-state index is 12.8. The van der Waals surface area contributed by atoms with Crippen LogP contribution in [-0.2, 0) is 10.0 Å². The SMILES string of the molecule is C[C@H](Sc1ccc(S(=O)(=O)N2CCN(C)CC2)cn1)c1nc(-c2cccnc2)no1. The highest BCUT2D eigenvalue weighted by molar-refractivity contribution is 7.99. The van der Waals surface area contributed by atoms with Gasteiger partial charge in [0, 0.05) is 50.3 Å². The first-order chi connectivity index (χ1) is 14.4.